The molecular weight excluding hydrogens is 254 g/mol. The third kappa shape index (κ3) is 2.69. The van der Waals surface area contributed by atoms with E-state index in [2.05, 4.69) is 0 Å². The summed E-state index contributed by atoms with van der Waals surface area (Å²) in [5.41, 5.74) is 0.711. The Morgan fingerprint density at radius 1 is 1.30 bits per heavy atom. The number of hydrogen-bond donors (Lipinski definition) is 0. The van der Waals surface area contributed by atoms with Crippen LogP contribution in [0, 0.1) is 5.41 Å². The van der Waals surface area contributed by atoms with Crippen LogP contribution in [-0.2, 0) is 9.53 Å². The van der Waals surface area contributed by atoms with Crippen LogP contribution in [0.15, 0.2) is 30.3 Å². The second kappa shape index (κ2) is 5.27. The highest BCUT2D eigenvalue weighted by Crippen LogP contribution is 2.32. The number of nitrogens with zero attached hydrogens (tertiary/aromatic N) is 1. The summed E-state index contributed by atoms with van der Waals surface area (Å²) in [4.78, 5) is 25.8. The molecule has 1 aliphatic heterocycles. The van der Waals surface area contributed by atoms with Gasteiger partial charge < -0.3 is 4.74 Å². The molecule has 4 heteroatoms. The zero-order valence-electron chi connectivity index (χ0n) is 12.4. The van der Waals surface area contributed by atoms with E-state index in [-0.39, 0.29) is 29.9 Å². The van der Waals surface area contributed by atoms with Crippen molar-refractivity contribution in [2.75, 3.05) is 6.61 Å². The summed E-state index contributed by atoms with van der Waals surface area (Å²) in [7, 11) is 0. The zero-order chi connectivity index (χ0) is 14.9. The number of carbonyl (C=O) groups excluding carboxylic acids is 2. The first kappa shape index (κ1) is 14.6. The summed E-state index contributed by atoms with van der Waals surface area (Å²) in [5.74, 6) is -0.551. The summed E-state index contributed by atoms with van der Waals surface area (Å²) >= 11 is 0. The minimum absolute atomic E-state index is 0.196. The molecule has 0 aliphatic carbocycles. The van der Waals surface area contributed by atoms with Gasteiger partial charge in [-0.05, 0) is 17.9 Å². The second-order valence-corrected chi connectivity index (χ2v) is 6.30. The van der Waals surface area contributed by atoms with Crippen LogP contribution in [0.1, 0.15) is 39.2 Å². The Morgan fingerprint density at radius 2 is 1.90 bits per heavy atom. The fourth-order valence-electron chi connectivity index (χ4n) is 2.40. The molecule has 1 heterocycles. The number of cyclic esters (lactones) is 1. The predicted octanol–water partition coefficient (Wildman–Crippen LogP) is 3.18. The van der Waals surface area contributed by atoms with E-state index < -0.39 is 6.09 Å². The molecule has 4 nitrogen and oxygen atoms in total. The normalized spacial score (nSPS) is 20.7. The van der Waals surface area contributed by atoms with Gasteiger partial charge in [0.1, 0.15) is 6.61 Å². The highest BCUT2D eigenvalue weighted by Gasteiger charge is 2.45. The van der Waals surface area contributed by atoms with Crippen molar-refractivity contribution in [2.45, 2.75) is 39.7 Å². The number of carbonyl (C=O) groups is 2. The lowest BCUT2D eigenvalue weighted by atomic mass is 9.86. The van der Waals surface area contributed by atoms with Gasteiger partial charge >= 0.3 is 6.09 Å². The molecule has 0 N–H and O–H groups in total. The quantitative estimate of drug-likeness (QED) is 0.832. The molecular formula is C16H21NO3. The van der Waals surface area contributed by atoms with Gasteiger partial charge in [-0.25, -0.2) is 9.69 Å². The summed E-state index contributed by atoms with van der Waals surface area (Å²) in [6, 6.07) is 9.27. The van der Waals surface area contributed by atoms with Crippen LogP contribution >= 0.6 is 0 Å². The van der Waals surface area contributed by atoms with Crippen molar-refractivity contribution in [2.24, 2.45) is 5.41 Å². The Morgan fingerprint density at radius 3 is 2.45 bits per heavy atom. The molecule has 1 fully saturated rings. The third-order valence-electron chi connectivity index (χ3n) is 3.78. The molecule has 108 valence electrons. The molecule has 0 unspecified atom stereocenters. The average molecular weight is 275 g/mol. The Balaban J connectivity index is 2.25. The van der Waals surface area contributed by atoms with Crippen LogP contribution in [-0.4, -0.2) is 29.5 Å². The van der Waals surface area contributed by atoms with Gasteiger partial charge in [-0.15, -0.1) is 0 Å². The topological polar surface area (TPSA) is 46.6 Å². The fraction of sp³-hybridized carbons (Fsp3) is 0.500. The van der Waals surface area contributed by atoms with E-state index in [9.17, 15) is 9.59 Å². The summed E-state index contributed by atoms with van der Waals surface area (Å²) < 4.78 is 5.08. The number of imide groups is 1. The third-order valence-corrected chi connectivity index (χ3v) is 3.78. The lowest BCUT2D eigenvalue weighted by molar-refractivity contribution is -0.131. The largest absolute Gasteiger partial charge is 0.447 e. The molecule has 0 aromatic heterocycles. The maximum Gasteiger partial charge on any atom is 0.417 e. The Labute approximate surface area is 119 Å². The first-order valence-corrected chi connectivity index (χ1v) is 6.87. The summed E-state index contributed by atoms with van der Waals surface area (Å²) in [6.07, 6.45) is -0.530. The van der Waals surface area contributed by atoms with Gasteiger partial charge in [0.2, 0.25) is 5.91 Å². The van der Waals surface area contributed by atoms with Crippen molar-refractivity contribution >= 4 is 12.0 Å². The summed E-state index contributed by atoms with van der Waals surface area (Å²) in [5, 5.41) is 0. The van der Waals surface area contributed by atoms with Crippen molar-refractivity contribution in [3.63, 3.8) is 0 Å². The van der Waals surface area contributed by atoms with Crippen molar-refractivity contribution in [1.82, 2.24) is 4.90 Å². The fourth-order valence-corrected chi connectivity index (χ4v) is 2.40. The van der Waals surface area contributed by atoms with Crippen molar-refractivity contribution in [1.29, 1.82) is 0 Å². The van der Waals surface area contributed by atoms with Crippen LogP contribution in [0.4, 0.5) is 4.79 Å². The van der Waals surface area contributed by atoms with E-state index in [4.69, 9.17) is 4.74 Å². The molecule has 1 aromatic rings. The highest BCUT2D eigenvalue weighted by molar-refractivity contribution is 5.97. The molecule has 0 radical (unpaired) electrons. The van der Waals surface area contributed by atoms with E-state index in [0.717, 1.165) is 5.56 Å². The molecule has 0 saturated carbocycles. The Kier molecular flexibility index (Phi) is 3.84. The minimum Gasteiger partial charge on any atom is -0.447 e. The first-order chi connectivity index (χ1) is 9.32. The van der Waals surface area contributed by atoms with Crippen LogP contribution < -0.4 is 0 Å². The van der Waals surface area contributed by atoms with Crippen LogP contribution in [0.3, 0.4) is 0 Å². The Bertz CT molecular complexity index is 504. The van der Waals surface area contributed by atoms with E-state index >= 15 is 0 Å². The van der Waals surface area contributed by atoms with Gasteiger partial charge in [0.15, 0.2) is 0 Å². The SMILES string of the molecule is C[C@@H](C(=O)N1C(=O)OC[C@@H]1C(C)(C)C)c1ccccc1. The second-order valence-electron chi connectivity index (χ2n) is 6.30. The Hall–Kier alpha value is -1.84. The van der Waals surface area contributed by atoms with Gasteiger partial charge in [-0.2, -0.15) is 0 Å². The molecule has 0 bridgehead atoms. The smallest absolute Gasteiger partial charge is 0.417 e. The monoisotopic (exact) mass is 275 g/mol. The first-order valence-electron chi connectivity index (χ1n) is 6.87. The highest BCUT2D eigenvalue weighted by atomic mass is 16.6. The van der Waals surface area contributed by atoms with Crippen molar-refractivity contribution in [3.8, 4) is 0 Å². The molecule has 1 saturated heterocycles. The lowest BCUT2D eigenvalue weighted by Crippen LogP contribution is -2.47. The molecule has 1 aliphatic rings. The minimum atomic E-state index is -0.530. The summed E-state index contributed by atoms with van der Waals surface area (Å²) in [6.45, 7) is 8.12. The number of hydrogen-bond acceptors (Lipinski definition) is 3. The maximum atomic E-state index is 12.6. The van der Waals surface area contributed by atoms with E-state index in [0.29, 0.717) is 0 Å². The number of amides is 2. The van der Waals surface area contributed by atoms with Crippen molar-refractivity contribution in [3.05, 3.63) is 35.9 Å². The molecule has 1 aromatic carbocycles. The molecule has 0 spiro atoms. The zero-order valence-corrected chi connectivity index (χ0v) is 12.4. The number of rotatable bonds is 2. The molecule has 2 atom stereocenters. The van der Waals surface area contributed by atoms with Gasteiger partial charge in [0.05, 0.1) is 12.0 Å². The maximum absolute atomic E-state index is 12.6. The van der Waals surface area contributed by atoms with Gasteiger partial charge in [-0.1, -0.05) is 51.1 Å². The van der Waals surface area contributed by atoms with Crippen LogP contribution in [0.2, 0.25) is 0 Å². The van der Waals surface area contributed by atoms with Crippen LogP contribution in [0.5, 0.6) is 0 Å². The number of benzene rings is 1. The molecule has 2 amide bonds. The lowest BCUT2D eigenvalue weighted by Gasteiger charge is -2.32. The van der Waals surface area contributed by atoms with E-state index in [1.54, 1.807) is 0 Å². The van der Waals surface area contributed by atoms with Gasteiger partial charge in [0, 0.05) is 0 Å². The van der Waals surface area contributed by atoms with Crippen molar-refractivity contribution < 1.29 is 14.3 Å². The standard InChI is InChI=1S/C16H21NO3/c1-11(12-8-6-5-7-9-12)14(18)17-13(16(2,3)4)10-20-15(17)19/h5-9,11,13H,10H2,1-4H3/t11-,13-/m1/s1. The molecule has 20 heavy (non-hydrogen) atoms. The van der Waals surface area contributed by atoms with Gasteiger partial charge in [-0.3, -0.25) is 4.79 Å². The van der Waals surface area contributed by atoms with E-state index in [1.807, 2.05) is 58.0 Å². The van der Waals surface area contributed by atoms with Gasteiger partial charge in [0.25, 0.3) is 0 Å². The van der Waals surface area contributed by atoms with E-state index in [1.165, 1.54) is 4.90 Å². The van der Waals surface area contributed by atoms with Crippen LogP contribution in [0.25, 0.3) is 0 Å². The average Bonchev–Trinajstić information content (AvgIpc) is 2.80. The molecule has 2 rings (SSSR count). The predicted molar refractivity (Wildman–Crippen MR) is 76.3 cm³/mol. The number of ether oxygens (including phenoxy) is 1.